The van der Waals surface area contributed by atoms with E-state index in [1.807, 2.05) is 6.07 Å². The summed E-state index contributed by atoms with van der Waals surface area (Å²) >= 11 is 0. The summed E-state index contributed by atoms with van der Waals surface area (Å²) < 4.78 is 0. The van der Waals surface area contributed by atoms with Crippen LogP contribution in [0.2, 0.25) is 0 Å². The second-order valence-corrected chi connectivity index (χ2v) is 5.74. The molecule has 0 spiro atoms. The summed E-state index contributed by atoms with van der Waals surface area (Å²) in [5.74, 6) is 0. The molecule has 2 aliphatic carbocycles. The third-order valence-corrected chi connectivity index (χ3v) is 4.12. The van der Waals surface area contributed by atoms with Crippen molar-refractivity contribution in [1.82, 2.24) is 5.32 Å². The fourth-order valence-electron chi connectivity index (χ4n) is 2.61. The first-order valence-corrected chi connectivity index (χ1v) is 6.28. The molecule has 0 radical (unpaired) electrons. The van der Waals surface area contributed by atoms with Crippen molar-refractivity contribution < 1.29 is 0 Å². The van der Waals surface area contributed by atoms with Gasteiger partial charge in [-0.2, -0.15) is 0 Å². The third kappa shape index (κ3) is 1.82. The number of aryl methyl sites for hydroxylation is 1. The highest BCUT2D eigenvalue weighted by molar-refractivity contribution is 5.47. The number of nitrogen functional groups attached to an aromatic ring is 1. The Morgan fingerprint density at radius 3 is 3.00 bits per heavy atom. The topological polar surface area (TPSA) is 38.0 Å². The summed E-state index contributed by atoms with van der Waals surface area (Å²) in [6, 6.07) is 6.92. The lowest BCUT2D eigenvalue weighted by molar-refractivity contribution is 0.439. The number of nitrogens with one attached hydrogen (secondary N) is 1. The van der Waals surface area contributed by atoms with Gasteiger partial charge in [0.2, 0.25) is 0 Å². The molecule has 3 rings (SSSR count). The monoisotopic (exact) mass is 216 g/mol. The molecule has 1 atom stereocenters. The SMILES string of the molecule is CC1(CNC2CCc3cc(N)ccc32)CC1. The first-order valence-electron chi connectivity index (χ1n) is 6.28. The number of benzene rings is 1. The summed E-state index contributed by atoms with van der Waals surface area (Å²) in [5.41, 5.74) is 10.2. The number of nitrogens with two attached hydrogens (primary N) is 1. The van der Waals surface area contributed by atoms with Gasteiger partial charge in [-0.05, 0) is 54.4 Å². The van der Waals surface area contributed by atoms with Gasteiger partial charge in [-0.1, -0.05) is 13.0 Å². The van der Waals surface area contributed by atoms with Gasteiger partial charge in [0.15, 0.2) is 0 Å². The highest BCUT2D eigenvalue weighted by Crippen LogP contribution is 2.45. The fourth-order valence-corrected chi connectivity index (χ4v) is 2.61. The highest BCUT2D eigenvalue weighted by Gasteiger charge is 2.37. The summed E-state index contributed by atoms with van der Waals surface area (Å²) in [7, 11) is 0. The van der Waals surface area contributed by atoms with Crippen LogP contribution < -0.4 is 11.1 Å². The van der Waals surface area contributed by atoms with Crippen molar-refractivity contribution in [2.45, 2.75) is 38.6 Å². The highest BCUT2D eigenvalue weighted by atomic mass is 14.9. The van der Waals surface area contributed by atoms with Gasteiger partial charge >= 0.3 is 0 Å². The molecule has 2 aliphatic rings. The molecule has 1 aromatic rings. The minimum atomic E-state index is 0.563. The van der Waals surface area contributed by atoms with Crippen LogP contribution in [0.15, 0.2) is 18.2 Å². The molecule has 0 saturated heterocycles. The number of hydrogen-bond acceptors (Lipinski definition) is 2. The van der Waals surface area contributed by atoms with E-state index in [0.717, 1.165) is 5.69 Å². The van der Waals surface area contributed by atoms with Gasteiger partial charge in [-0.3, -0.25) is 0 Å². The minimum Gasteiger partial charge on any atom is -0.399 e. The van der Waals surface area contributed by atoms with E-state index in [1.54, 1.807) is 0 Å². The maximum atomic E-state index is 5.81. The largest absolute Gasteiger partial charge is 0.399 e. The zero-order chi connectivity index (χ0) is 11.2. The maximum Gasteiger partial charge on any atom is 0.0326 e. The normalized spacial score (nSPS) is 25.4. The third-order valence-electron chi connectivity index (χ3n) is 4.12. The van der Waals surface area contributed by atoms with Gasteiger partial charge in [-0.25, -0.2) is 0 Å². The predicted molar refractivity (Wildman–Crippen MR) is 67.3 cm³/mol. The van der Waals surface area contributed by atoms with Crippen molar-refractivity contribution >= 4 is 5.69 Å². The molecule has 0 aromatic heterocycles. The lowest BCUT2D eigenvalue weighted by atomic mass is 10.1. The molecule has 16 heavy (non-hydrogen) atoms. The van der Waals surface area contributed by atoms with Crippen LogP contribution in [0, 0.1) is 5.41 Å². The van der Waals surface area contributed by atoms with E-state index in [-0.39, 0.29) is 0 Å². The number of hydrogen-bond donors (Lipinski definition) is 2. The van der Waals surface area contributed by atoms with E-state index in [0.29, 0.717) is 11.5 Å². The lowest BCUT2D eigenvalue weighted by Crippen LogP contribution is -2.25. The first kappa shape index (κ1) is 10.2. The quantitative estimate of drug-likeness (QED) is 0.762. The summed E-state index contributed by atoms with van der Waals surface area (Å²) in [4.78, 5) is 0. The molecule has 86 valence electrons. The van der Waals surface area contributed by atoms with Crippen molar-refractivity contribution in [3.63, 3.8) is 0 Å². The van der Waals surface area contributed by atoms with Crippen LogP contribution in [0.25, 0.3) is 0 Å². The van der Waals surface area contributed by atoms with Crippen molar-refractivity contribution in [1.29, 1.82) is 0 Å². The van der Waals surface area contributed by atoms with Crippen LogP contribution in [-0.2, 0) is 6.42 Å². The maximum absolute atomic E-state index is 5.81. The molecule has 0 heterocycles. The van der Waals surface area contributed by atoms with Crippen LogP contribution in [0.3, 0.4) is 0 Å². The predicted octanol–water partition coefficient (Wildman–Crippen LogP) is 2.65. The fraction of sp³-hybridized carbons (Fsp3) is 0.571. The summed E-state index contributed by atoms with van der Waals surface area (Å²) in [6.07, 6.45) is 5.19. The summed E-state index contributed by atoms with van der Waals surface area (Å²) in [5, 5.41) is 3.72. The second-order valence-electron chi connectivity index (χ2n) is 5.74. The van der Waals surface area contributed by atoms with Gasteiger partial charge in [0.25, 0.3) is 0 Å². The Morgan fingerprint density at radius 2 is 2.25 bits per heavy atom. The molecule has 1 aromatic carbocycles. The van der Waals surface area contributed by atoms with Gasteiger partial charge in [0, 0.05) is 18.3 Å². The molecule has 2 nitrogen and oxygen atoms in total. The van der Waals surface area contributed by atoms with Gasteiger partial charge in [0.1, 0.15) is 0 Å². The zero-order valence-corrected chi connectivity index (χ0v) is 9.92. The van der Waals surface area contributed by atoms with Gasteiger partial charge in [-0.15, -0.1) is 0 Å². The number of fused-ring (bicyclic) bond motifs is 1. The second kappa shape index (κ2) is 3.49. The zero-order valence-electron chi connectivity index (χ0n) is 9.92. The molecule has 0 aliphatic heterocycles. The van der Waals surface area contributed by atoms with Crippen LogP contribution in [0.5, 0.6) is 0 Å². The van der Waals surface area contributed by atoms with E-state index < -0.39 is 0 Å². The standard InChI is InChI=1S/C14H20N2/c1-14(6-7-14)9-16-13-5-2-10-8-11(15)3-4-12(10)13/h3-4,8,13,16H,2,5-7,9,15H2,1H3. The van der Waals surface area contributed by atoms with Crippen LogP contribution in [0.4, 0.5) is 5.69 Å². The molecule has 0 bridgehead atoms. The van der Waals surface area contributed by atoms with E-state index in [4.69, 9.17) is 5.73 Å². The van der Waals surface area contributed by atoms with E-state index in [1.165, 1.54) is 43.4 Å². The number of anilines is 1. The smallest absolute Gasteiger partial charge is 0.0326 e. The van der Waals surface area contributed by atoms with E-state index in [9.17, 15) is 0 Å². The van der Waals surface area contributed by atoms with Crippen molar-refractivity contribution in [2.75, 3.05) is 12.3 Å². The lowest BCUT2D eigenvalue weighted by Gasteiger charge is -2.17. The molecular formula is C14H20N2. The molecule has 1 fully saturated rings. The van der Waals surface area contributed by atoms with Crippen LogP contribution in [0.1, 0.15) is 43.4 Å². The molecule has 1 unspecified atom stereocenters. The molecular weight excluding hydrogens is 196 g/mol. The van der Waals surface area contributed by atoms with E-state index >= 15 is 0 Å². The minimum absolute atomic E-state index is 0.563. The molecule has 2 heteroatoms. The Morgan fingerprint density at radius 1 is 1.44 bits per heavy atom. The van der Waals surface area contributed by atoms with Crippen LogP contribution in [-0.4, -0.2) is 6.54 Å². The first-order chi connectivity index (χ1) is 7.66. The van der Waals surface area contributed by atoms with Crippen molar-refractivity contribution in [2.24, 2.45) is 5.41 Å². The molecule has 3 N–H and O–H groups in total. The van der Waals surface area contributed by atoms with Crippen molar-refractivity contribution in [3.8, 4) is 0 Å². The van der Waals surface area contributed by atoms with Gasteiger partial charge < -0.3 is 11.1 Å². The Hall–Kier alpha value is -1.02. The Kier molecular flexibility index (Phi) is 2.21. The average molecular weight is 216 g/mol. The average Bonchev–Trinajstić information content (AvgIpc) is 2.87. The van der Waals surface area contributed by atoms with Crippen molar-refractivity contribution in [3.05, 3.63) is 29.3 Å². The molecule has 1 saturated carbocycles. The number of rotatable bonds is 3. The van der Waals surface area contributed by atoms with E-state index in [2.05, 4.69) is 24.4 Å². The Labute approximate surface area is 97.2 Å². The van der Waals surface area contributed by atoms with Gasteiger partial charge in [0.05, 0.1) is 0 Å². The molecule has 0 amide bonds. The Balaban J connectivity index is 1.71. The Bertz CT molecular complexity index is 407. The van der Waals surface area contributed by atoms with Crippen LogP contribution >= 0.6 is 0 Å². The summed E-state index contributed by atoms with van der Waals surface area (Å²) in [6.45, 7) is 3.54.